The first-order chi connectivity index (χ1) is 8.25. The van der Waals surface area contributed by atoms with Crippen LogP contribution in [0.1, 0.15) is 23.7 Å². The summed E-state index contributed by atoms with van der Waals surface area (Å²) >= 11 is 5.54. The molecule has 0 aliphatic carbocycles. The summed E-state index contributed by atoms with van der Waals surface area (Å²) in [5.74, 6) is 0. The Labute approximate surface area is 106 Å². The summed E-state index contributed by atoms with van der Waals surface area (Å²) < 4.78 is 37.6. The lowest BCUT2D eigenvalue weighted by atomic mass is 10.00. The summed E-state index contributed by atoms with van der Waals surface area (Å²) in [6.45, 7) is -0.384. The molecule has 0 aliphatic heterocycles. The fourth-order valence-electron chi connectivity index (χ4n) is 1.46. The zero-order valence-corrected chi connectivity index (χ0v) is 9.91. The minimum atomic E-state index is -4.58. The van der Waals surface area contributed by atoms with E-state index in [0.29, 0.717) is 0 Å². The summed E-state index contributed by atoms with van der Waals surface area (Å²) in [7, 11) is 0. The number of aliphatic hydroxyl groups excluding tert-OH is 3. The van der Waals surface area contributed by atoms with E-state index in [2.05, 4.69) is 0 Å². The number of rotatable bonds is 4. The van der Waals surface area contributed by atoms with Crippen molar-refractivity contribution < 1.29 is 28.5 Å². The lowest BCUT2D eigenvalue weighted by molar-refractivity contribution is -0.137. The first-order valence-electron chi connectivity index (χ1n) is 5.10. The van der Waals surface area contributed by atoms with Crippen LogP contribution in [-0.2, 0) is 6.18 Å². The minimum absolute atomic E-state index is 0.143. The highest BCUT2D eigenvalue weighted by molar-refractivity contribution is 6.30. The van der Waals surface area contributed by atoms with E-state index in [1.807, 2.05) is 0 Å². The monoisotopic (exact) mass is 284 g/mol. The van der Waals surface area contributed by atoms with Crippen molar-refractivity contribution >= 4 is 11.6 Å². The molecule has 3 N–H and O–H groups in total. The highest BCUT2D eigenvalue weighted by atomic mass is 35.5. The fourth-order valence-corrected chi connectivity index (χ4v) is 1.70. The van der Waals surface area contributed by atoms with E-state index in [4.69, 9.17) is 16.7 Å². The van der Waals surface area contributed by atoms with Gasteiger partial charge in [0.15, 0.2) is 0 Å². The molecule has 0 fully saturated rings. The second kappa shape index (κ2) is 5.88. The van der Waals surface area contributed by atoms with Crippen LogP contribution in [0, 0.1) is 0 Å². The van der Waals surface area contributed by atoms with E-state index < -0.39 is 23.9 Å². The van der Waals surface area contributed by atoms with Crippen molar-refractivity contribution in [1.82, 2.24) is 0 Å². The molecular formula is C11H12ClF3O3. The maximum absolute atomic E-state index is 12.5. The smallest absolute Gasteiger partial charge is 0.396 e. The van der Waals surface area contributed by atoms with E-state index in [9.17, 15) is 23.4 Å². The maximum Gasteiger partial charge on any atom is 0.416 e. The summed E-state index contributed by atoms with van der Waals surface area (Å²) in [5.41, 5.74) is -1.14. The largest absolute Gasteiger partial charge is 0.416 e. The van der Waals surface area contributed by atoms with Gasteiger partial charge >= 0.3 is 6.18 Å². The molecule has 3 nitrogen and oxygen atoms in total. The van der Waals surface area contributed by atoms with Crippen LogP contribution in [0.4, 0.5) is 13.2 Å². The Morgan fingerprint density at radius 2 is 1.78 bits per heavy atom. The van der Waals surface area contributed by atoms with Gasteiger partial charge in [-0.25, -0.2) is 0 Å². The van der Waals surface area contributed by atoms with Gasteiger partial charge in [-0.2, -0.15) is 13.2 Å². The van der Waals surface area contributed by atoms with Gasteiger partial charge < -0.3 is 15.3 Å². The van der Waals surface area contributed by atoms with Crippen LogP contribution in [0.5, 0.6) is 0 Å². The molecule has 1 aromatic carbocycles. The Hall–Kier alpha value is -0.820. The van der Waals surface area contributed by atoms with Crippen molar-refractivity contribution in [2.75, 3.05) is 6.61 Å². The number of alkyl halides is 3. The van der Waals surface area contributed by atoms with Gasteiger partial charge in [0.2, 0.25) is 0 Å². The van der Waals surface area contributed by atoms with Crippen LogP contribution in [0.3, 0.4) is 0 Å². The third-order valence-corrected chi connectivity index (χ3v) is 2.60. The van der Waals surface area contributed by atoms with E-state index in [0.717, 1.165) is 18.2 Å². The van der Waals surface area contributed by atoms with Gasteiger partial charge in [-0.3, -0.25) is 0 Å². The third kappa shape index (κ3) is 3.84. The minimum Gasteiger partial charge on any atom is -0.396 e. The first-order valence-corrected chi connectivity index (χ1v) is 5.48. The molecule has 7 heteroatoms. The van der Waals surface area contributed by atoms with E-state index >= 15 is 0 Å². The Morgan fingerprint density at radius 3 is 2.28 bits per heavy atom. The maximum atomic E-state index is 12.5. The van der Waals surface area contributed by atoms with Crippen LogP contribution in [0.2, 0.25) is 5.02 Å². The van der Waals surface area contributed by atoms with Gasteiger partial charge in [-0.05, 0) is 30.2 Å². The Bertz CT molecular complexity index is 409. The fraction of sp³-hybridized carbons (Fsp3) is 0.455. The molecular weight excluding hydrogens is 273 g/mol. The lowest BCUT2D eigenvalue weighted by Gasteiger charge is -2.19. The molecule has 0 radical (unpaired) electrons. The lowest BCUT2D eigenvalue weighted by Crippen LogP contribution is -2.20. The third-order valence-electron chi connectivity index (χ3n) is 2.38. The van der Waals surface area contributed by atoms with Gasteiger partial charge in [-0.1, -0.05) is 11.6 Å². The number of benzene rings is 1. The molecule has 0 heterocycles. The first kappa shape index (κ1) is 15.2. The van der Waals surface area contributed by atoms with Gasteiger partial charge in [0.25, 0.3) is 0 Å². The molecule has 0 spiro atoms. The number of aliphatic hydroxyl groups is 3. The van der Waals surface area contributed by atoms with E-state index in [1.165, 1.54) is 0 Å². The molecule has 0 bridgehead atoms. The molecule has 0 amide bonds. The molecule has 0 aromatic heterocycles. The zero-order valence-electron chi connectivity index (χ0n) is 9.15. The molecule has 102 valence electrons. The molecule has 0 aliphatic rings. The van der Waals surface area contributed by atoms with Gasteiger partial charge in [0.1, 0.15) is 6.10 Å². The predicted octanol–water partition coefficient (Wildman–Crippen LogP) is 2.14. The van der Waals surface area contributed by atoms with Crippen LogP contribution < -0.4 is 0 Å². The molecule has 1 aromatic rings. The van der Waals surface area contributed by atoms with Crippen LogP contribution in [-0.4, -0.2) is 28.0 Å². The number of halogens is 4. The van der Waals surface area contributed by atoms with Crippen molar-refractivity contribution in [2.45, 2.75) is 24.8 Å². The van der Waals surface area contributed by atoms with Crippen molar-refractivity contribution in [3.63, 3.8) is 0 Å². The van der Waals surface area contributed by atoms with Gasteiger partial charge in [0, 0.05) is 11.6 Å². The number of hydrogen-bond donors (Lipinski definition) is 3. The summed E-state index contributed by atoms with van der Waals surface area (Å²) in [5, 5.41) is 27.5. The molecule has 1 rings (SSSR count). The summed E-state index contributed by atoms with van der Waals surface area (Å²) in [4.78, 5) is 0. The summed E-state index contributed by atoms with van der Waals surface area (Å²) in [6, 6.07) is 2.59. The highest BCUT2D eigenvalue weighted by Gasteiger charge is 2.32. The average molecular weight is 285 g/mol. The van der Waals surface area contributed by atoms with Gasteiger partial charge in [0.05, 0.1) is 11.7 Å². The SMILES string of the molecule is OCCC(O)C(O)c1cc(Cl)cc(C(F)(F)F)c1. The van der Waals surface area contributed by atoms with Crippen LogP contribution >= 0.6 is 11.6 Å². The van der Waals surface area contributed by atoms with Crippen LogP contribution in [0.15, 0.2) is 18.2 Å². The van der Waals surface area contributed by atoms with E-state index in [-0.39, 0.29) is 23.6 Å². The van der Waals surface area contributed by atoms with Crippen molar-refractivity contribution in [3.8, 4) is 0 Å². The molecule has 0 saturated heterocycles. The van der Waals surface area contributed by atoms with Crippen molar-refractivity contribution in [1.29, 1.82) is 0 Å². The number of hydrogen-bond acceptors (Lipinski definition) is 3. The molecule has 18 heavy (non-hydrogen) atoms. The van der Waals surface area contributed by atoms with Crippen molar-refractivity contribution in [3.05, 3.63) is 34.3 Å². The molecule has 2 atom stereocenters. The highest BCUT2D eigenvalue weighted by Crippen LogP contribution is 2.34. The standard InChI is InChI=1S/C11H12ClF3O3/c12-8-4-6(10(18)9(17)1-2-16)3-7(5-8)11(13,14)15/h3-5,9-10,16-18H,1-2H2. The Balaban J connectivity index is 3.06. The second-order valence-electron chi connectivity index (χ2n) is 3.80. The normalized spacial score (nSPS) is 15.5. The van der Waals surface area contributed by atoms with Gasteiger partial charge in [-0.15, -0.1) is 0 Å². The van der Waals surface area contributed by atoms with Crippen molar-refractivity contribution in [2.24, 2.45) is 0 Å². The average Bonchev–Trinajstić information content (AvgIpc) is 2.26. The Kier molecular flexibility index (Phi) is 4.98. The molecule has 0 saturated carbocycles. The summed E-state index contributed by atoms with van der Waals surface area (Å²) in [6.07, 6.45) is -7.61. The topological polar surface area (TPSA) is 60.7 Å². The predicted molar refractivity (Wildman–Crippen MR) is 59.1 cm³/mol. The zero-order chi connectivity index (χ0) is 13.9. The molecule has 2 unspecified atom stereocenters. The Morgan fingerprint density at radius 1 is 1.17 bits per heavy atom. The second-order valence-corrected chi connectivity index (χ2v) is 4.23. The van der Waals surface area contributed by atoms with Crippen LogP contribution in [0.25, 0.3) is 0 Å². The quantitative estimate of drug-likeness (QED) is 0.794. The van der Waals surface area contributed by atoms with E-state index in [1.54, 1.807) is 0 Å².